The number of hydrogen-bond acceptors (Lipinski definition) is 3. The Morgan fingerprint density at radius 3 is 1.72 bits per heavy atom. The molecule has 0 bridgehead atoms. The fourth-order valence-corrected chi connectivity index (χ4v) is 9.11. The lowest BCUT2D eigenvalue weighted by atomic mass is 9.89. The molecule has 3 heteroatoms. The molecule has 0 unspecified atom stereocenters. The first-order valence-corrected chi connectivity index (χ1v) is 20.7. The minimum atomic E-state index is 0.677. The van der Waals surface area contributed by atoms with Gasteiger partial charge in [0.15, 0.2) is 5.82 Å². The molecule has 3 nitrogen and oxygen atoms in total. The van der Waals surface area contributed by atoms with Gasteiger partial charge in [-0.2, -0.15) is 0 Å². The van der Waals surface area contributed by atoms with Crippen LogP contribution in [0.15, 0.2) is 223 Å². The summed E-state index contributed by atoms with van der Waals surface area (Å²) >= 11 is 0. The smallest absolute Gasteiger partial charge is 0.160 e. The number of nitrogens with zero attached hydrogens (tertiary/aromatic N) is 2. The highest BCUT2D eigenvalue weighted by molar-refractivity contribution is 6.20. The highest BCUT2D eigenvalue weighted by atomic mass is 16.3. The second-order valence-electron chi connectivity index (χ2n) is 15.7. The molecule has 0 amide bonds. The van der Waals surface area contributed by atoms with E-state index in [1.165, 1.54) is 49.0 Å². The average Bonchev–Trinajstić information content (AvgIpc) is 3.73. The van der Waals surface area contributed by atoms with E-state index in [2.05, 4.69) is 194 Å². The van der Waals surface area contributed by atoms with E-state index >= 15 is 0 Å². The van der Waals surface area contributed by atoms with Gasteiger partial charge in [0.2, 0.25) is 0 Å². The molecule has 2 heterocycles. The molecule has 0 aliphatic heterocycles. The lowest BCUT2D eigenvalue weighted by molar-refractivity contribution is 0.669. The first kappa shape index (κ1) is 34.9. The highest BCUT2D eigenvalue weighted by Gasteiger charge is 2.17. The van der Waals surface area contributed by atoms with Crippen molar-refractivity contribution >= 4 is 54.3 Å². The third-order valence-corrected chi connectivity index (χ3v) is 12.1. The van der Waals surface area contributed by atoms with Gasteiger partial charge in [-0.3, -0.25) is 0 Å². The van der Waals surface area contributed by atoms with Crippen molar-refractivity contribution in [1.82, 2.24) is 9.97 Å². The summed E-state index contributed by atoms with van der Waals surface area (Å²) < 4.78 is 6.27. The van der Waals surface area contributed by atoms with Crippen LogP contribution < -0.4 is 0 Å². The van der Waals surface area contributed by atoms with Crippen molar-refractivity contribution in [2.45, 2.75) is 0 Å². The number of rotatable bonds is 6. The summed E-state index contributed by atoms with van der Waals surface area (Å²) in [5, 5.41) is 9.71. The van der Waals surface area contributed by atoms with Crippen LogP contribution in [0.4, 0.5) is 0 Å². The molecule has 0 saturated carbocycles. The third-order valence-electron chi connectivity index (χ3n) is 12.1. The number of hydrogen-bond donors (Lipinski definition) is 0. The van der Waals surface area contributed by atoms with E-state index in [4.69, 9.17) is 14.4 Å². The zero-order chi connectivity index (χ0) is 40.3. The summed E-state index contributed by atoms with van der Waals surface area (Å²) in [5.74, 6) is 0.677. The molecular weight excluding hydrogens is 741 g/mol. The Morgan fingerprint density at radius 2 is 0.885 bits per heavy atom. The molecule has 284 valence electrons. The van der Waals surface area contributed by atoms with Gasteiger partial charge >= 0.3 is 0 Å². The van der Waals surface area contributed by atoms with Gasteiger partial charge in [-0.25, -0.2) is 9.97 Å². The minimum Gasteiger partial charge on any atom is -0.456 e. The predicted octanol–water partition coefficient (Wildman–Crippen LogP) is 15.8. The van der Waals surface area contributed by atoms with Crippen molar-refractivity contribution in [2.75, 3.05) is 0 Å². The van der Waals surface area contributed by atoms with Gasteiger partial charge in [-0.15, -0.1) is 0 Å². The fourth-order valence-electron chi connectivity index (χ4n) is 9.11. The van der Waals surface area contributed by atoms with Gasteiger partial charge < -0.3 is 4.42 Å². The van der Waals surface area contributed by atoms with E-state index in [1.807, 2.05) is 24.3 Å². The summed E-state index contributed by atoms with van der Waals surface area (Å²) in [6.07, 6.45) is 0. The average molecular weight is 777 g/mol. The van der Waals surface area contributed by atoms with Gasteiger partial charge in [-0.05, 0) is 96.0 Å². The van der Waals surface area contributed by atoms with Crippen molar-refractivity contribution in [3.63, 3.8) is 0 Å². The molecule has 0 aliphatic carbocycles. The second-order valence-corrected chi connectivity index (χ2v) is 15.7. The number of aromatic nitrogens is 2. The highest BCUT2D eigenvalue weighted by Crippen LogP contribution is 2.41. The van der Waals surface area contributed by atoms with Crippen molar-refractivity contribution in [1.29, 1.82) is 0 Å². The van der Waals surface area contributed by atoms with Crippen LogP contribution in [0.5, 0.6) is 0 Å². The lowest BCUT2D eigenvalue weighted by Gasteiger charge is -2.15. The van der Waals surface area contributed by atoms with E-state index in [9.17, 15) is 0 Å². The molecule has 0 aliphatic rings. The van der Waals surface area contributed by atoms with Crippen LogP contribution in [0.3, 0.4) is 0 Å². The molecule has 12 rings (SSSR count). The maximum absolute atomic E-state index is 6.27. The van der Waals surface area contributed by atoms with Gasteiger partial charge in [-0.1, -0.05) is 188 Å². The zero-order valence-corrected chi connectivity index (χ0v) is 33.1. The quantitative estimate of drug-likeness (QED) is 0.125. The maximum atomic E-state index is 6.27. The molecule has 0 radical (unpaired) electrons. The molecule has 0 fully saturated rings. The van der Waals surface area contributed by atoms with E-state index in [-0.39, 0.29) is 0 Å². The Kier molecular flexibility index (Phi) is 8.17. The van der Waals surface area contributed by atoms with E-state index in [1.54, 1.807) is 0 Å². The normalized spacial score (nSPS) is 11.6. The summed E-state index contributed by atoms with van der Waals surface area (Å²) in [5.41, 5.74) is 13.4. The number of benzene rings is 10. The van der Waals surface area contributed by atoms with Crippen molar-refractivity contribution in [2.24, 2.45) is 0 Å². The number of fused-ring (bicyclic) bond motifs is 7. The summed E-state index contributed by atoms with van der Waals surface area (Å²) in [4.78, 5) is 10.5. The largest absolute Gasteiger partial charge is 0.456 e. The zero-order valence-electron chi connectivity index (χ0n) is 33.1. The Hall–Kier alpha value is -8.14. The molecule has 61 heavy (non-hydrogen) atoms. The Morgan fingerprint density at radius 1 is 0.295 bits per heavy atom. The Labute approximate surface area is 352 Å². The molecule has 0 atom stereocenters. The van der Waals surface area contributed by atoms with Crippen LogP contribution in [-0.2, 0) is 0 Å². The Bertz CT molecular complexity index is 3620. The van der Waals surface area contributed by atoms with Crippen LogP contribution in [0, 0.1) is 0 Å². The monoisotopic (exact) mass is 776 g/mol. The molecule has 2 aromatic heterocycles. The van der Waals surface area contributed by atoms with Crippen molar-refractivity contribution < 1.29 is 4.42 Å². The molecule has 10 aromatic carbocycles. The number of para-hydroxylation sites is 1. The Balaban J connectivity index is 0.999. The molecule has 0 spiro atoms. The lowest BCUT2D eigenvalue weighted by Crippen LogP contribution is -1.96. The molecule has 12 aromatic rings. The third kappa shape index (κ3) is 6.06. The molecule has 0 saturated heterocycles. The van der Waals surface area contributed by atoms with E-state index in [0.29, 0.717) is 5.82 Å². The van der Waals surface area contributed by atoms with Crippen LogP contribution in [0.1, 0.15) is 0 Å². The van der Waals surface area contributed by atoms with Gasteiger partial charge in [0.1, 0.15) is 11.2 Å². The molecule has 0 N–H and O–H groups in total. The van der Waals surface area contributed by atoms with Crippen LogP contribution in [-0.4, -0.2) is 9.97 Å². The van der Waals surface area contributed by atoms with Crippen molar-refractivity contribution in [3.05, 3.63) is 218 Å². The minimum absolute atomic E-state index is 0.677. The topological polar surface area (TPSA) is 38.9 Å². The van der Waals surface area contributed by atoms with Gasteiger partial charge in [0, 0.05) is 27.5 Å². The summed E-state index contributed by atoms with van der Waals surface area (Å²) in [7, 11) is 0. The van der Waals surface area contributed by atoms with E-state index < -0.39 is 0 Å². The number of furan rings is 1. The van der Waals surface area contributed by atoms with E-state index in [0.717, 1.165) is 66.7 Å². The predicted molar refractivity (Wildman–Crippen MR) is 254 cm³/mol. The fraction of sp³-hybridized carbons (Fsp3) is 0. The summed E-state index contributed by atoms with van der Waals surface area (Å²) in [6.45, 7) is 0. The second kappa shape index (κ2) is 14.3. The van der Waals surface area contributed by atoms with Crippen molar-refractivity contribution in [3.8, 4) is 67.3 Å². The molecular formula is C58H36N2O. The standard InChI is InChI=1S/C58H36N2O/c1-2-12-37(13-3-1)38-24-30-42(31-25-38)58-59-52(36-53(60-58)45-17-10-16-43(34-45)48-21-11-23-55-57(48)50-20-8-9-22-54(50)61-55)40-26-28-41(29-27-40)56-47-19-7-5-15-44(47)35-51-46-18-6-4-14-39(46)32-33-49(51)56/h1-36H. The van der Waals surface area contributed by atoms with Crippen LogP contribution in [0.25, 0.3) is 122 Å². The maximum Gasteiger partial charge on any atom is 0.160 e. The van der Waals surface area contributed by atoms with Crippen LogP contribution >= 0.6 is 0 Å². The van der Waals surface area contributed by atoms with Gasteiger partial charge in [0.25, 0.3) is 0 Å². The van der Waals surface area contributed by atoms with Crippen LogP contribution in [0.2, 0.25) is 0 Å². The van der Waals surface area contributed by atoms with Gasteiger partial charge in [0.05, 0.1) is 11.4 Å². The summed E-state index contributed by atoms with van der Waals surface area (Å²) in [6, 6.07) is 77.5. The SMILES string of the molecule is c1ccc(-c2ccc(-c3nc(-c4ccc(-c5c6ccccc6cc6c5ccc5ccccc56)cc4)cc(-c4cccc(-c5cccc6oc7ccccc7c56)c4)n3)cc2)cc1. The first-order valence-electron chi connectivity index (χ1n) is 20.7. The first-order chi connectivity index (χ1) is 30.2.